The highest BCUT2D eigenvalue weighted by molar-refractivity contribution is 7.17. The van der Waals surface area contributed by atoms with E-state index >= 15 is 0 Å². The van der Waals surface area contributed by atoms with Crippen molar-refractivity contribution in [2.45, 2.75) is 13.5 Å². The van der Waals surface area contributed by atoms with Crippen LogP contribution in [0.15, 0.2) is 59.0 Å². The number of thiophene rings is 1. The number of carbonyl (C=O) groups excluding carboxylic acids is 1. The van der Waals surface area contributed by atoms with Crippen molar-refractivity contribution in [2.24, 2.45) is 0 Å². The summed E-state index contributed by atoms with van der Waals surface area (Å²) >= 11 is 1.29. The molecular formula is C21H15FN4O4S. The number of benzene rings is 2. The van der Waals surface area contributed by atoms with Crippen LogP contribution in [0, 0.1) is 22.9 Å². The normalized spacial score (nSPS) is 10.9. The van der Waals surface area contributed by atoms with Crippen LogP contribution in [0.5, 0.6) is 0 Å². The van der Waals surface area contributed by atoms with Crippen LogP contribution >= 0.6 is 11.3 Å². The van der Waals surface area contributed by atoms with E-state index in [1.165, 1.54) is 52.6 Å². The maximum atomic E-state index is 13.2. The Labute approximate surface area is 178 Å². The van der Waals surface area contributed by atoms with Crippen molar-refractivity contribution in [3.8, 4) is 11.1 Å². The third-order valence-electron chi connectivity index (χ3n) is 4.72. The zero-order valence-electron chi connectivity index (χ0n) is 16.2. The molecule has 4 aromatic rings. The highest BCUT2D eigenvalue weighted by Gasteiger charge is 2.16. The van der Waals surface area contributed by atoms with Gasteiger partial charge in [0.1, 0.15) is 17.2 Å². The van der Waals surface area contributed by atoms with Gasteiger partial charge in [0.2, 0.25) is 5.91 Å². The zero-order chi connectivity index (χ0) is 22.1. The van der Waals surface area contributed by atoms with Gasteiger partial charge in [-0.3, -0.25) is 24.3 Å². The first-order valence-electron chi connectivity index (χ1n) is 9.11. The summed E-state index contributed by atoms with van der Waals surface area (Å²) in [7, 11) is 0. The average Bonchev–Trinajstić information content (AvgIpc) is 3.17. The zero-order valence-corrected chi connectivity index (χ0v) is 17.0. The SMILES string of the molecule is Cc1cc([N+](=O)[O-])ccc1NC(=O)Cn1cnc2scc(-c3ccc(F)cc3)c2c1=O. The van der Waals surface area contributed by atoms with Gasteiger partial charge in [-0.05, 0) is 36.2 Å². The van der Waals surface area contributed by atoms with E-state index in [1.807, 2.05) is 0 Å². The molecule has 0 saturated heterocycles. The van der Waals surface area contributed by atoms with Crippen LogP contribution in [-0.2, 0) is 11.3 Å². The summed E-state index contributed by atoms with van der Waals surface area (Å²) in [5.74, 6) is -0.851. The average molecular weight is 438 g/mol. The number of hydrogen-bond acceptors (Lipinski definition) is 6. The highest BCUT2D eigenvalue weighted by Crippen LogP contribution is 2.30. The van der Waals surface area contributed by atoms with Gasteiger partial charge in [0.25, 0.3) is 11.2 Å². The fourth-order valence-corrected chi connectivity index (χ4v) is 4.07. The molecule has 0 atom stereocenters. The Balaban J connectivity index is 1.62. The minimum atomic E-state index is -0.515. The maximum Gasteiger partial charge on any atom is 0.269 e. The molecule has 31 heavy (non-hydrogen) atoms. The second kappa shape index (κ2) is 8.07. The molecule has 10 heteroatoms. The molecule has 0 unspecified atom stereocenters. The number of non-ortho nitro benzene ring substituents is 1. The number of nitro groups is 1. The van der Waals surface area contributed by atoms with E-state index < -0.39 is 10.8 Å². The molecule has 0 aliphatic heterocycles. The first kappa shape index (κ1) is 20.4. The van der Waals surface area contributed by atoms with Crippen molar-refractivity contribution in [1.29, 1.82) is 0 Å². The number of hydrogen-bond donors (Lipinski definition) is 1. The van der Waals surface area contributed by atoms with Crippen molar-refractivity contribution < 1.29 is 14.1 Å². The smallest absolute Gasteiger partial charge is 0.269 e. The van der Waals surface area contributed by atoms with Crippen molar-refractivity contribution in [3.05, 3.63) is 86.0 Å². The van der Waals surface area contributed by atoms with Crippen LogP contribution in [0.2, 0.25) is 0 Å². The Morgan fingerprint density at radius 2 is 2.00 bits per heavy atom. The van der Waals surface area contributed by atoms with Crippen LogP contribution in [-0.4, -0.2) is 20.4 Å². The molecule has 0 radical (unpaired) electrons. The summed E-state index contributed by atoms with van der Waals surface area (Å²) in [6.45, 7) is 1.36. The molecule has 2 aromatic carbocycles. The van der Waals surface area contributed by atoms with Crippen LogP contribution in [0.1, 0.15) is 5.56 Å². The summed E-state index contributed by atoms with van der Waals surface area (Å²) in [6.07, 6.45) is 1.30. The van der Waals surface area contributed by atoms with E-state index in [4.69, 9.17) is 0 Å². The van der Waals surface area contributed by atoms with Gasteiger partial charge < -0.3 is 5.32 Å². The minimum absolute atomic E-state index is 0.0767. The van der Waals surface area contributed by atoms with Gasteiger partial charge in [-0.15, -0.1) is 11.3 Å². The quantitative estimate of drug-likeness (QED) is 0.373. The first-order valence-corrected chi connectivity index (χ1v) is 9.99. The Kier molecular flexibility index (Phi) is 5.30. The molecule has 0 aliphatic carbocycles. The fourth-order valence-electron chi connectivity index (χ4n) is 3.17. The van der Waals surface area contributed by atoms with Gasteiger partial charge in [-0.1, -0.05) is 12.1 Å². The Morgan fingerprint density at radius 3 is 2.68 bits per heavy atom. The maximum absolute atomic E-state index is 13.2. The van der Waals surface area contributed by atoms with Gasteiger partial charge >= 0.3 is 0 Å². The number of aryl methyl sites for hydroxylation is 1. The molecule has 0 aliphatic rings. The lowest BCUT2D eigenvalue weighted by Gasteiger charge is -2.10. The number of nitro benzene ring substituents is 1. The molecule has 8 nitrogen and oxygen atoms in total. The van der Waals surface area contributed by atoms with Crippen molar-refractivity contribution >= 4 is 38.8 Å². The second-order valence-corrected chi connectivity index (χ2v) is 7.68. The number of halogens is 1. The molecule has 0 spiro atoms. The van der Waals surface area contributed by atoms with E-state index in [0.29, 0.717) is 32.6 Å². The van der Waals surface area contributed by atoms with Crippen LogP contribution in [0.3, 0.4) is 0 Å². The third kappa shape index (κ3) is 4.05. The molecule has 0 bridgehead atoms. The van der Waals surface area contributed by atoms with E-state index in [1.54, 1.807) is 24.4 Å². The minimum Gasteiger partial charge on any atom is -0.324 e. The highest BCUT2D eigenvalue weighted by atomic mass is 32.1. The molecule has 1 amide bonds. The summed E-state index contributed by atoms with van der Waals surface area (Å²) in [5.41, 5.74) is 1.78. The van der Waals surface area contributed by atoms with Gasteiger partial charge in [-0.25, -0.2) is 9.37 Å². The molecule has 2 heterocycles. The van der Waals surface area contributed by atoms with Crippen LogP contribution in [0.25, 0.3) is 21.3 Å². The predicted molar refractivity (Wildman–Crippen MR) is 116 cm³/mol. The molecule has 2 aromatic heterocycles. The number of fused-ring (bicyclic) bond motifs is 1. The summed E-state index contributed by atoms with van der Waals surface area (Å²) in [4.78, 5) is 40.7. The fraction of sp³-hybridized carbons (Fsp3) is 0.0952. The van der Waals surface area contributed by atoms with Gasteiger partial charge in [0, 0.05) is 28.8 Å². The van der Waals surface area contributed by atoms with E-state index in [-0.39, 0.29) is 23.6 Å². The predicted octanol–water partition coefficient (Wildman–Crippen LogP) is 4.12. The number of nitrogens with one attached hydrogen (secondary N) is 1. The monoisotopic (exact) mass is 438 g/mol. The van der Waals surface area contributed by atoms with Crippen molar-refractivity contribution in [1.82, 2.24) is 9.55 Å². The Bertz CT molecular complexity index is 1380. The topological polar surface area (TPSA) is 107 Å². The first-order chi connectivity index (χ1) is 14.8. The molecule has 1 N–H and O–H groups in total. The number of anilines is 1. The Morgan fingerprint density at radius 1 is 1.26 bits per heavy atom. The number of aromatic nitrogens is 2. The lowest BCUT2D eigenvalue weighted by molar-refractivity contribution is -0.384. The lowest BCUT2D eigenvalue weighted by atomic mass is 10.1. The van der Waals surface area contributed by atoms with Gasteiger partial charge in [0.05, 0.1) is 16.6 Å². The summed E-state index contributed by atoms with van der Waals surface area (Å²) in [5, 5.41) is 15.6. The third-order valence-corrected chi connectivity index (χ3v) is 5.61. The van der Waals surface area contributed by atoms with E-state index in [2.05, 4.69) is 10.3 Å². The molecule has 0 saturated carbocycles. The van der Waals surface area contributed by atoms with Gasteiger partial charge in [0.15, 0.2) is 0 Å². The van der Waals surface area contributed by atoms with E-state index in [9.17, 15) is 24.1 Å². The van der Waals surface area contributed by atoms with Crippen LogP contribution < -0.4 is 10.9 Å². The number of rotatable bonds is 5. The second-order valence-electron chi connectivity index (χ2n) is 6.82. The van der Waals surface area contributed by atoms with Crippen molar-refractivity contribution in [3.63, 3.8) is 0 Å². The number of amides is 1. The Hall–Kier alpha value is -3.92. The molecule has 4 rings (SSSR count). The lowest BCUT2D eigenvalue weighted by Crippen LogP contribution is -2.28. The largest absolute Gasteiger partial charge is 0.324 e. The standard InChI is InChI=1S/C21H15FN4O4S/c1-12-8-15(26(29)30)6-7-17(12)24-18(27)9-25-11-23-20-19(21(25)28)16(10-31-20)13-2-4-14(22)5-3-13/h2-8,10-11H,9H2,1H3,(H,24,27). The number of carbonyl (C=O) groups is 1. The molecular weight excluding hydrogens is 423 g/mol. The summed E-state index contributed by atoms with van der Waals surface area (Å²) < 4.78 is 14.4. The molecule has 156 valence electrons. The summed E-state index contributed by atoms with van der Waals surface area (Å²) in [6, 6.07) is 9.89. The molecule has 0 fully saturated rings. The number of nitrogens with zero attached hydrogens (tertiary/aromatic N) is 3. The van der Waals surface area contributed by atoms with Crippen molar-refractivity contribution in [2.75, 3.05) is 5.32 Å². The van der Waals surface area contributed by atoms with Crippen LogP contribution in [0.4, 0.5) is 15.8 Å². The van der Waals surface area contributed by atoms with Gasteiger partial charge in [-0.2, -0.15) is 0 Å². The van der Waals surface area contributed by atoms with E-state index in [0.717, 1.165) is 0 Å².